The van der Waals surface area contributed by atoms with Crippen LogP contribution in [0.15, 0.2) is 17.0 Å². The van der Waals surface area contributed by atoms with Gasteiger partial charge < -0.3 is 4.74 Å². The fraction of sp³-hybridized carbons (Fsp3) is 0.571. The van der Waals surface area contributed by atoms with E-state index >= 15 is 0 Å². The number of methoxy groups -OCH3 is 1. The average Bonchev–Trinajstić information content (AvgIpc) is 2.31. The van der Waals surface area contributed by atoms with Crippen LogP contribution in [0, 0.1) is 13.8 Å². The third kappa shape index (κ3) is 3.70. The molecule has 0 saturated heterocycles. The summed E-state index contributed by atoms with van der Waals surface area (Å²) in [6.45, 7) is 7.58. The maximum absolute atomic E-state index is 12.3. The molecule has 0 spiro atoms. The molecule has 0 radical (unpaired) electrons. The molecule has 0 saturated carbocycles. The second-order valence-corrected chi connectivity index (χ2v) is 6.51. The van der Waals surface area contributed by atoms with Crippen molar-refractivity contribution in [2.24, 2.45) is 0 Å². The Bertz CT molecular complexity index is 538. The first kappa shape index (κ1) is 16.0. The quantitative estimate of drug-likeness (QED) is 0.874. The molecule has 0 fully saturated rings. The predicted octanol–water partition coefficient (Wildman–Crippen LogP) is 2.78. The molecule has 108 valence electrons. The van der Waals surface area contributed by atoms with Gasteiger partial charge in [0.15, 0.2) is 0 Å². The van der Waals surface area contributed by atoms with Crippen LogP contribution in [0.3, 0.4) is 0 Å². The van der Waals surface area contributed by atoms with Gasteiger partial charge in [0.25, 0.3) is 0 Å². The summed E-state index contributed by atoms with van der Waals surface area (Å²) >= 11 is 0. The lowest BCUT2D eigenvalue weighted by Crippen LogP contribution is -2.33. The smallest absolute Gasteiger partial charge is 0.241 e. The van der Waals surface area contributed by atoms with Crippen molar-refractivity contribution in [1.82, 2.24) is 4.72 Å². The molecule has 0 aliphatic rings. The summed E-state index contributed by atoms with van der Waals surface area (Å²) in [6.07, 6.45) is 1.78. The highest BCUT2D eigenvalue weighted by atomic mass is 32.2. The number of rotatable bonds is 6. The van der Waals surface area contributed by atoms with E-state index in [1.54, 1.807) is 26.2 Å². The maximum Gasteiger partial charge on any atom is 0.241 e. The number of nitrogens with one attached hydrogen (secondary N) is 1. The van der Waals surface area contributed by atoms with Gasteiger partial charge in [-0.2, -0.15) is 0 Å². The molecule has 1 N–H and O–H groups in total. The standard InChI is InChI=1S/C14H23NO3S/c1-6-7-10(2)15-19(16,17)14-9-8-13(18-5)11(3)12(14)4/h8-10,15H,6-7H2,1-5H3. The molecular formula is C14H23NO3S. The lowest BCUT2D eigenvalue weighted by Gasteiger charge is -2.16. The SMILES string of the molecule is CCCC(C)NS(=O)(=O)c1ccc(OC)c(C)c1C. The zero-order valence-corrected chi connectivity index (χ0v) is 13.1. The van der Waals surface area contributed by atoms with E-state index in [0.29, 0.717) is 10.6 Å². The van der Waals surface area contributed by atoms with E-state index in [0.717, 1.165) is 24.0 Å². The van der Waals surface area contributed by atoms with Gasteiger partial charge in [0.2, 0.25) is 10.0 Å². The van der Waals surface area contributed by atoms with Crippen LogP contribution in [0.4, 0.5) is 0 Å². The van der Waals surface area contributed by atoms with Gasteiger partial charge in [-0.25, -0.2) is 13.1 Å². The minimum Gasteiger partial charge on any atom is -0.496 e. The van der Waals surface area contributed by atoms with Gasteiger partial charge in [0, 0.05) is 6.04 Å². The first-order chi connectivity index (χ1) is 8.83. The predicted molar refractivity (Wildman–Crippen MR) is 77.2 cm³/mol. The van der Waals surface area contributed by atoms with E-state index in [2.05, 4.69) is 4.72 Å². The number of hydrogen-bond donors (Lipinski definition) is 1. The van der Waals surface area contributed by atoms with Crippen LogP contribution in [-0.4, -0.2) is 21.6 Å². The van der Waals surface area contributed by atoms with Crippen LogP contribution in [0.5, 0.6) is 5.75 Å². The van der Waals surface area contributed by atoms with E-state index in [1.807, 2.05) is 20.8 Å². The highest BCUT2D eigenvalue weighted by molar-refractivity contribution is 7.89. The van der Waals surface area contributed by atoms with Gasteiger partial charge in [0.1, 0.15) is 5.75 Å². The van der Waals surface area contributed by atoms with Gasteiger partial charge in [0.05, 0.1) is 12.0 Å². The Morgan fingerprint density at radius 2 is 1.89 bits per heavy atom. The van der Waals surface area contributed by atoms with Crippen molar-refractivity contribution in [3.8, 4) is 5.75 Å². The van der Waals surface area contributed by atoms with Crippen molar-refractivity contribution < 1.29 is 13.2 Å². The Morgan fingerprint density at radius 3 is 2.42 bits per heavy atom. The van der Waals surface area contributed by atoms with E-state index in [9.17, 15) is 8.42 Å². The van der Waals surface area contributed by atoms with Gasteiger partial charge in [-0.05, 0) is 50.5 Å². The lowest BCUT2D eigenvalue weighted by atomic mass is 10.1. The Kier molecular flexibility index (Phi) is 5.38. The maximum atomic E-state index is 12.3. The van der Waals surface area contributed by atoms with E-state index in [-0.39, 0.29) is 6.04 Å². The van der Waals surface area contributed by atoms with Gasteiger partial charge in [-0.1, -0.05) is 13.3 Å². The molecule has 0 amide bonds. The summed E-state index contributed by atoms with van der Waals surface area (Å²) < 4.78 is 32.6. The third-order valence-electron chi connectivity index (χ3n) is 3.28. The summed E-state index contributed by atoms with van der Waals surface area (Å²) in [4.78, 5) is 0.328. The molecule has 0 aliphatic heterocycles. The highest BCUT2D eigenvalue weighted by Crippen LogP contribution is 2.26. The van der Waals surface area contributed by atoms with Crippen LogP contribution in [-0.2, 0) is 10.0 Å². The second-order valence-electron chi connectivity index (χ2n) is 4.83. The molecule has 0 bridgehead atoms. The van der Waals surface area contributed by atoms with Gasteiger partial charge in [-0.15, -0.1) is 0 Å². The molecule has 0 heterocycles. The summed E-state index contributed by atoms with van der Waals surface area (Å²) in [5, 5.41) is 0. The lowest BCUT2D eigenvalue weighted by molar-refractivity contribution is 0.410. The zero-order valence-electron chi connectivity index (χ0n) is 12.3. The van der Waals surface area contributed by atoms with Crippen LogP contribution >= 0.6 is 0 Å². The largest absolute Gasteiger partial charge is 0.496 e. The van der Waals surface area contributed by atoms with E-state index in [1.165, 1.54) is 0 Å². The average molecular weight is 285 g/mol. The van der Waals surface area contributed by atoms with Gasteiger partial charge in [-0.3, -0.25) is 0 Å². The fourth-order valence-electron chi connectivity index (χ4n) is 2.10. The molecule has 1 atom stereocenters. The molecule has 5 heteroatoms. The van der Waals surface area contributed by atoms with Crippen molar-refractivity contribution >= 4 is 10.0 Å². The molecular weight excluding hydrogens is 262 g/mol. The zero-order chi connectivity index (χ0) is 14.6. The third-order valence-corrected chi connectivity index (χ3v) is 5.01. The van der Waals surface area contributed by atoms with Crippen molar-refractivity contribution in [3.63, 3.8) is 0 Å². The Balaban J connectivity index is 3.12. The molecule has 1 aromatic carbocycles. The van der Waals surface area contributed by atoms with Crippen molar-refractivity contribution in [1.29, 1.82) is 0 Å². The van der Waals surface area contributed by atoms with Crippen LogP contribution < -0.4 is 9.46 Å². The summed E-state index contributed by atoms with van der Waals surface area (Å²) in [5.41, 5.74) is 1.59. The summed E-state index contributed by atoms with van der Waals surface area (Å²) in [5.74, 6) is 0.707. The molecule has 1 rings (SSSR count). The number of ether oxygens (including phenoxy) is 1. The molecule has 4 nitrogen and oxygen atoms in total. The fourth-order valence-corrected chi connectivity index (χ4v) is 3.68. The van der Waals surface area contributed by atoms with Crippen LogP contribution in [0.1, 0.15) is 37.8 Å². The summed E-state index contributed by atoms with van der Waals surface area (Å²) in [6, 6.07) is 3.24. The second kappa shape index (κ2) is 6.39. The minimum atomic E-state index is -3.47. The summed E-state index contributed by atoms with van der Waals surface area (Å²) in [7, 11) is -1.88. The van der Waals surface area contributed by atoms with E-state index in [4.69, 9.17) is 4.74 Å². The molecule has 1 aromatic rings. The molecule has 0 aromatic heterocycles. The Labute approximate surface area is 116 Å². The first-order valence-electron chi connectivity index (χ1n) is 6.50. The Morgan fingerprint density at radius 1 is 1.26 bits per heavy atom. The normalized spacial score (nSPS) is 13.3. The molecule has 0 aliphatic carbocycles. The van der Waals surface area contributed by atoms with E-state index < -0.39 is 10.0 Å². The monoisotopic (exact) mass is 285 g/mol. The first-order valence-corrected chi connectivity index (χ1v) is 7.98. The highest BCUT2D eigenvalue weighted by Gasteiger charge is 2.21. The number of benzene rings is 1. The van der Waals surface area contributed by atoms with Crippen molar-refractivity contribution in [2.45, 2.75) is 51.5 Å². The van der Waals surface area contributed by atoms with Crippen LogP contribution in [0.2, 0.25) is 0 Å². The minimum absolute atomic E-state index is 0.0585. The van der Waals surface area contributed by atoms with Crippen molar-refractivity contribution in [3.05, 3.63) is 23.3 Å². The molecule has 1 unspecified atom stereocenters. The van der Waals surface area contributed by atoms with Crippen molar-refractivity contribution in [2.75, 3.05) is 7.11 Å². The number of sulfonamides is 1. The van der Waals surface area contributed by atoms with Gasteiger partial charge >= 0.3 is 0 Å². The Hall–Kier alpha value is -1.07. The topological polar surface area (TPSA) is 55.4 Å². The number of hydrogen-bond acceptors (Lipinski definition) is 3. The van der Waals surface area contributed by atoms with Crippen LogP contribution in [0.25, 0.3) is 0 Å². The molecule has 19 heavy (non-hydrogen) atoms.